The lowest BCUT2D eigenvalue weighted by Gasteiger charge is -2.05. The van der Waals surface area contributed by atoms with Crippen molar-refractivity contribution in [2.24, 2.45) is 0 Å². The molecular formula is C13H14N2OS3. The number of hydrogen-bond acceptors (Lipinski definition) is 5. The molecule has 1 aromatic heterocycles. The van der Waals surface area contributed by atoms with Crippen LogP contribution in [0.4, 0.5) is 5.69 Å². The van der Waals surface area contributed by atoms with Gasteiger partial charge in [0.25, 0.3) is 0 Å². The summed E-state index contributed by atoms with van der Waals surface area (Å²) in [7, 11) is 0. The number of rotatable bonds is 5. The van der Waals surface area contributed by atoms with E-state index in [1.807, 2.05) is 42.8 Å². The van der Waals surface area contributed by atoms with E-state index >= 15 is 0 Å². The first-order valence-corrected chi connectivity index (χ1v) is 8.75. The van der Waals surface area contributed by atoms with Crippen LogP contribution in [0.2, 0.25) is 0 Å². The summed E-state index contributed by atoms with van der Waals surface area (Å²) < 4.78 is 0.936. The summed E-state index contributed by atoms with van der Waals surface area (Å²) in [6.45, 7) is 1.95. The Morgan fingerprint density at radius 1 is 1.47 bits per heavy atom. The van der Waals surface area contributed by atoms with Gasteiger partial charge < -0.3 is 5.32 Å². The second kappa shape index (κ2) is 6.98. The first-order chi connectivity index (χ1) is 9.17. The van der Waals surface area contributed by atoms with Gasteiger partial charge >= 0.3 is 0 Å². The van der Waals surface area contributed by atoms with Gasteiger partial charge in [0.1, 0.15) is 0 Å². The molecule has 6 heteroatoms. The largest absolute Gasteiger partial charge is 0.325 e. The number of aryl methyl sites for hydroxylation is 1. The Hall–Kier alpha value is -0.980. The van der Waals surface area contributed by atoms with Gasteiger partial charge in [0.2, 0.25) is 5.91 Å². The number of nitrogens with one attached hydrogen (secondary N) is 1. The molecule has 1 amide bonds. The molecule has 0 radical (unpaired) electrons. The van der Waals surface area contributed by atoms with Crippen molar-refractivity contribution in [2.75, 3.05) is 17.3 Å². The standard InChI is InChI=1S/C13H14N2OS3/c1-9-7-18-13(14-9)19-8-12(16)15-10-4-3-5-11(6-10)17-2/h3-7H,8H2,1-2H3,(H,15,16). The quantitative estimate of drug-likeness (QED) is 0.850. The average molecular weight is 310 g/mol. The van der Waals surface area contributed by atoms with Gasteiger partial charge in [-0.3, -0.25) is 4.79 Å². The number of amides is 1. The van der Waals surface area contributed by atoms with Crippen molar-refractivity contribution in [3.8, 4) is 0 Å². The fourth-order valence-corrected chi connectivity index (χ4v) is 3.53. The summed E-state index contributed by atoms with van der Waals surface area (Å²) in [5, 5.41) is 4.89. The molecule has 19 heavy (non-hydrogen) atoms. The van der Waals surface area contributed by atoms with E-state index in [1.165, 1.54) is 11.8 Å². The topological polar surface area (TPSA) is 42.0 Å². The molecule has 100 valence electrons. The van der Waals surface area contributed by atoms with Gasteiger partial charge in [-0.2, -0.15) is 0 Å². The number of nitrogens with zero attached hydrogens (tertiary/aromatic N) is 1. The fraction of sp³-hybridized carbons (Fsp3) is 0.231. The first kappa shape index (κ1) is 14.4. The van der Waals surface area contributed by atoms with E-state index in [0.717, 1.165) is 20.6 Å². The highest BCUT2D eigenvalue weighted by molar-refractivity contribution is 8.01. The predicted octanol–water partition coefficient (Wildman–Crippen LogP) is 3.90. The van der Waals surface area contributed by atoms with Gasteiger partial charge in [-0.1, -0.05) is 17.8 Å². The van der Waals surface area contributed by atoms with E-state index < -0.39 is 0 Å². The van der Waals surface area contributed by atoms with Crippen LogP contribution in [0, 0.1) is 6.92 Å². The molecule has 0 saturated heterocycles. The molecule has 3 nitrogen and oxygen atoms in total. The van der Waals surface area contributed by atoms with Crippen molar-refractivity contribution in [1.82, 2.24) is 4.98 Å². The Balaban J connectivity index is 1.86. The van der Waals surface area contributed by atoms with E-state index in [4.69, 9.17) is 0 Å². The van der Waals surface area contributed by atoms with Gasteiger partial charge in [-0.05, 0) is 31.4 Å². The highest BCUT2D eigenvalue weighted by Crippen LogP contribution is 2.23. The van der Waals surface area contributed by atoms with Crippen LogP contribution in [-0.4, -0.2) is 22.9 Å². The minimum Gasteiger partial charge on any atom is -0.325 e. The first-order valence-electron chi connectivity index (χ1n) is 5.66. The fourth-order valence-electron chi connectivity index (χ4n) is 1.42. The molecule has 0 aliphatic rings. The third-order valence-corrected chi connectivity index (χ3v) is 5.14. The number of carbonyl (C=O) groups is 1. The van der Waals surface area contributed by atoms with Crippen molar-refractivity contribution in [3.63, 3.8) is 0 Å². The summed E-state index contributed by atoms with van der Waals surface area (Å²) in [5.41, 5.74) is 1.84. The van der Waals surface area contributed by atoms with Crippen molar-refractivity contribution in [2.45, 2.75) is 16.2 Å². The lowest BCUT2D eigenvalue weighted by Crippen LogP contribution is -2.13. The molecule has 0 atom stereocenters. The maximum absolute atomic E-state index is 11.8. The Bertz CT molecular complexity index is 569. The van der Waals surface area contributed by atoms with E-state index in [-0.39, 0.29) is 5.91 Å². The maximum atomic E-state index is 11.8. The van der Waals surface area contributed by atoms with E-state index in [1.54, 1.807) is 23.1 Å². The smallest absolute Gasteiger partial charge is 0.234 e. The molecule has 0 fully saturated rings. The summed E-state index contributed by atoms with van der Waals surface area (Å²) in [5.74, 6) is 0.382. The molecule has 0 unspecified atom stereocenters. The molecule has 0 bridgehead atoms. The second-order valence-corrected chi connectivity index (χ2v) is 6.78. The van der Waals surface area contributed by atoms with E-state index in [9.17, 15) is 4.79 Å². The zero-order valence-electron chi connectivity index (χ0n) is 10.7. The van der Waals surface area contributed by atoms with Crippen LogP contribution in [0.5, 0.6) is 0 Å². The molecule has 0 aliphatic carbocycles. The van der Waals surface area contributed by atoms with Gasteiger partial charge in [-0.25, -0.2) is 4.98 Å². The zero-order valence-corrected chi connectivity index (χ0v) is 13.1. The molecule has 2 rings (SSSR count). The summed E-state index contributed by atoms with van der Waals surface area (Å²) >= 11 is 4.70. The number of aromatic nitrogens is 1. The number of thioether (sulfide) groups is 2. The van der Waals surface area contributed by atoms with Crippen molar-refractivity contribution in [3.05, 3.63) is 35.3 Å². The van der Waals surface area contributed by atoms with Gasteiger partial charge in [0.05, 0.1) is 5.75 Å². The SMILES string of the molecule is CSc1cccc(NC(=O)CSc2nc(C)cs2)c1. The van der Waals surface area contributed by atoms with Gasteiger partial charge in [0.15, 0.2) is 4.34 Å². The Kier molecular flexibility index (Phi) is 5.30. The normalized spacial score (nSPS) is 10.4. The summed E-state index contributed by atoms with van der Waals surface area (Å²) in [4.78, 5) is 17.3. The van der Waals surface area contributed by atoms with Crippen LogP contribution < -0.4 is 5.32 Å². The number of benzene rings is 1. The van der Waals surface area contributed by atoms with Gasteiger partial charge in [-0.15, -0.1) is 23.1 Å². The predicted molar refractivity (Wildman–Crippen MR) is 84.4 cm³/mol. The van der Waals surface area contributed by atoms with Crippen molar-refractivity contribution in [1.29, 1.82) is 0 Å². The minimum absolute atomic E-state index is 0.00361. The highest BCUT2D eigenvalue weighted by atomic mass is 32.2. The molecule has 1 heterocycles. The lowest BCUT2D eigenvalue weighted by molar-refractivity contribution is -0.113. The number of carbonyl (C=O) groups excluding carboxylic acids is 1. The summed E-state index contributed by atoms with van der Waals surface area (Å²) in [6.07, 6.45) is 2.02. The highest BCUT2D eigenvalue weighted by Gasteiger charge is 2.06. The third-order valence-electron chi connectivity index (χ3n) is 2.28. The molecule has 0 saturated carbocycles. The zero-order chi connectivity index (χ0) is 13.7. The molecule has 2 aromatic rings. The molecule has 1 aromatic carbocycles. The Morgan fingerprint density at radius 2 is 2.32 bits per heavy atom. The van der Waals surface area contributed by atoms with Crippen LogP contribution in [0.15, 0.2) is 38.9 Å². The number of anilines is 1. The van der Waals surface area contributed by atoms with Crippen LogP contribution in [0.25, 0.3) is 0 Å². The van der Waals surface area contributed by atoms with E-state index in [2.05, 4.69) is 10.3 Å². The second-order valence-electron chi connectivity index (χ2n) is 3.82. The monoisotopic (exact) mass is 310 g/mol. The molecule has 0 aliphatic heterocycles. The molecule has 0 spiro atoms. The minimum atomic E-state index is -0.00361. The Labute approximate surface area is 125 Å². The molecular weight excluding hydrogens is 296 g/mol. The van der Waals surface area contributed by atoms with Crippen LogP contribution in [0.1, 0.15) is 5.69 Å². The van der Waals surface area contributed by atoms with Crippen molar-refractivity contribution < 1.29 is 4.79 Å². The lowest BCUT2D eigenvalue weighted by atomic mass is 10.3. The number of hydrogen-bond donors (Lipinski definition) is 1. The summed E-state index contributed by atoms with van der Waals surface area (Å²) in [6, 6.07) is 7.84. The van der Waals surface area contributed by atoms with Gasteiger partial charge in [0, 0.05) is 21.7 Å². The van der Waals surface area contributed by atoms with Crippen molar-refractivity contribution >= 4 is 46.5 Å². The maximum Gasteiger partial charge on any atom is 0.234 e. The van der Waals surface area contributed by atoms with Crippen LogP contribution in [-0.2, 0) is 4.79 Å². The van der Waals surface area contributed by atoms with E-state index in [0.29, 0.717) is 5.75 Å². The molecule has 1 N–H and O–H groups in total. The Morgan fingerprint density at radius 3 is 3.00 bits per heavy atom. The third kappa shape index (κ3) is 4.56. The average Bonchev–Trinajstić information content (AvgIpc) is 2.82. The number of thiazole rings is 1. The van der Waals surface area contributed by atoms with Crippen LogP contribution in [0.3, 0.4) is 0 Å². The van der Waals surface area contributed by atoms with Crippen LogP contribution >= 0.6 is 34.9 Å².